The van der Waals surface area contributed by atoms with Crippen LogP contribution in [0.25, 0.3) is 11.1 Å². The van der Waals surface area contributed by atoms with Gasteiger partial charge < -0.3 is 9.64 Å². The quantitative estimate of drug-likeness (QED) is 0.786. The normalized spacial score (nSPS) is 8.40. The van der Waals surface area contributed by atoms with Crippen molar-refractivity contribution in [1.82, 2.24) is 4.90 Å². The molecule has 2 rings (SSSR count). The van der Waals surface area contributed by atoms with Crippen molar-refractivity contribution >= 4 is 6.41 Å². The van der Waals surface area contributed by atoms with Crippen molar-refractivity contribution in [2.75, 3.05) is 28.3 Å². The van der Waals surface area contributed by atoms with Gasteiger partial charge in [0.05, 0.1) is 0 Å². The molecule has 2 aromatic carbocycles. The molecule has 3 heteroatoms. The zero-order valence-corrected chi connectivity index (χ0v) is 12.6. The summed E-state index contributed by atoms with van der Waals surface area (Å²) in [5, 5.41) is 0. The van der Waals surface area contributed by atoms with E-state index in [4.69, 9.17) is 0 Å². The summed E-state index contributed by atoms with van der Waals surface area (Å²) in [5.41, 5.74) is 2.55. The van der Waals surface area contributed by atoms with Crippen molar-refractivity contribution < 1.29 is 9.53 Å². The highest BCUT2D eigenvalue weighted by Crippen LogP contribution is 2.17. The van der Waals surface area contributed by atoms with Gasteiger partial charge in [-0.1, -0.05) is 60.7 Å². The Morgan fingerprint density at radius 3 is 1.25 bits per heavy atom. The molecule has 0 spiro atoms. The van der Waals surface area contributed by atoms with E-state index < -0.39 is 0 Å². The van der Waals surface area contributed by atoms with Crippen LogP contribution in [0.2, 0.25) is 0 Å². The highest BCUT2D eigenvalue weighted by Gasteiger charge is 1.91. The maximum Gasteiger partial charge on any atom is 0.209 e. The second-order valence-electron chi connectivity index (χ2n) is 4.21. The van der Waals surface area contributed by atoms with Crippen LogP contribution in [0.4, 0.5) is 0 Å². The first-order valence-corrected chi connectivity index (χ1v) is 6.28. The maximum absolute atomic E-state index is 9.43. The molecule has 0 unspecified atom stereocenters. The first kappa shape index (κ1) is 17.9. The van der Waals surface area contributed by atoms with Crippen LogP contribution in [-0.4, -0.2) is 39.6 Å². The SMILES string of the molecule is CN(C)C=O.COC.c1ccc(-c2ccccc2)cc1. The summed E-state index contributed by atoms with van der Waals surface area (Å²) < 4.78 is 4.25. The smallest absolute Gasteiger partial charge is 0.209 e. The Labute approximate surface area is 121 Å². The third kappa shape index (κ3) is 8.89. The minimum Gasteiger partial charge on any atom is -0.388 e. The molecule has 0 radical (unpaired) electrons. The van der Waals surface area contributed by atoms with Crippen LogP contribution >= 0.6 is 0 Å². The van der Waals surface area contributed by atoms with Crippen molar-refractivity contribution in [3.63, 3.8) is 0 Å². The number of hydrogen-bond donors (Lipinski definition) is 0. The van der Waals surface area contributed by atoms with E-state index in [0.29, 0.717) is 0 Å². The molecule has 20 heavy (non-hydrogen) atoms. The molecule has 0 bridgehead atoms. The average Bonchev–Trinajstić information content (AvgIpc) is 2.50. The lowest BCUT2D eigenvalue weighted by molar-refractivity contribution is -0.115. The van der Waals surface area contributed by atoms with Gasteiger partial charge in [-0.2, -0.15) is 0 Å². The zero-order valence-electron chi connectivity index (χ0n) is 12.6. The van der Waals surface area contributed by atoms with E-state index in [2.05, 4.69) is 53.3 Å². The van der Waals surface area contributed by atoms with Gasteiger partial charge in [-0.25, -0.2) is 0 Å². The number of carbonyl (C=O) groups excluding carboxylic acids is 1. The molecule has 0 aliphatic rings. The summed E-state index contributed by atoms with van der Waals surface area (Å²) >= 11 is 0. The lowest BCUT2D eigenvalue weighted by Gasteiger charge is -1.98. The van der Waals surface area contributed by atoms with Crippen molar-refractivity contribution in [2.24, 2.45) is 0 Å². The van der Waals surface area contributed by atoms with Crippen LogP contribution in [0.1, 0.15) is 0 Å². The Hall–Kier alpha value is -2.13. The van der Waals surface area contributed by atoms with Gasteiger partial charge >= 0.3 is 0 Å². The summed E-state index contributed by atoms with van der Waals surface area (Å²) in [7, 11) is 6.62. The Morgan fingerprint density at radius 1 is 0.800 bits per heavy atom. The fourth-order valence-corrected chi connectivity index (χ4v) is 1.26. The fraction of sp³-hybridized carbons (Fsp3) is 0.235. The molecule has 108 valence electrons. The van der Waals surface area contributed by atoms with E-state index in [1.54, 1.807) is 28.3 Å². The molecule has 0 aliphatic carbocycles. The molecule has 0 atom stereocenters. The van der Waals surface area contributed by atoms with Crippen LogP contribution < -0.4 is 0 Å². The van der Waals surface area contributed by atoms with E-state index in [0.717, 1.165) is 6.41 Å². The summed E-state index contributed by atoms with van der Waals surface area (Å²) in [6.45, 7) is 0. The van der Waals surface area contributed by atoms with Crippen LogP contribution in [-0.2, 0) is 9.53 Å². The van der Waals surface area contributed by atoms with Gasteiger partial charge in [0.25, 0.3) is 0 Å². The van der Waals surface area contributed by atoms with E-state index in [1.165, 1.54) is 16.0 Å². The third-order valence-corrected chi connectivity index (χ3v) is 2.09. The molecule has 0 heterocycles. The monoisotopic (exact) mass is 273 g/mol. The molecule has 0 aromatic heterocycles. The number of benzene rings is 2. The minimum absolute atomic E-state index is 0.750. The van der Waals surface area contributed by atoms with Gasteiger partial charge in [-0.15, -0.1) is 0 Å². The van der Waals surface area contributed by atoms with E-state index in [1.807, 2.05) is 12.1 Å². The number of ether oxygens (including phenoxy) is 1. The number of hydrogen-bond acceptors (Lipinski definition) is 2. The summed E-state index contributed by atoms with van der Waals surface area (Å²) in [5.74, 6) is 0. The largest absolute Gasteiger partial charge is 0.388 e. The first-order chi connectivity index (χ1) is 9.65. The molecule has 0 fully saturated rings. The summed E-state index contributed by atoms with van der Waals surface area (Å²) in [4.78, 5) is 10.9. The van der Waals surface area contributed by atoms with E-state index in [-0.39, 0.29) is 0 Å². The summed E-state index contributed by atoms with van der Waals surface area (Å²) in [6.07, 6.45) is 0.750. The molecular formula is C17H23NO2. The van der Waals surface area contributed by atoms with Crippen LogP contribution in [0.5, 0.6) is 0 Å². The Kier molecular flexibility index (Phi) is 10.7. The topological polar surface area (TPSA) is 29.5 Å². The van der Waals surface area contributed by atoms with Gasteiger partial charge in [-0.05, 0) is 11.1 Å². The van der Waals surface area contributed by atoms with Crippen LogP contribution in [0.3, 0.4) is 0 Å². The average molecular weight is 273 g/mol. The first-order valence-electron chi connectivity index (χ1n) is 6.28. The van der Waals surface area contributed by atoms with Crippen molar-refractivity contribution in [3.05, 3.63) is 60.7 Å². The highest BCUT2D eigenvalue weighted by molar-refractivity contribution is 5.62. The van der Waals surface area contributed by atoms with E-state index in [9.17, 15) is 4.79 Å². The van der Waals surface area contributed by atoms with Gasteiger partial charge in [0, 0.05) is 28.3 Å². The fourth-order valence-electron chi connectivity index (χ4n) is 1.26. The van der Waals surface area contributed by atoms with Gasteiger partial charge in [-0.3, -0.25) is 4.79 Å². The maximum atomic E-state index is 9.43. The lowest BCUT2D eigenvalue weighted by atomic mass is 10.1. The van der Waals surface area contributed by atoms with Crippen LogP contribution in [0, 0.1) is 0 Å². The van der Waals surface area contributed by atoms with Gasteiger partial charge in [0.1, 0.15) is 0 Å². The zero-order chi connectivity index (χ0) is 15.2. The molecule has 3 nitrogen and oxygen atoms in total. The highest BCUT2D eigenvalue weighted by atomic mass is 16.4. The Bertz CT molecular complexity index is 404. The number of methoxy groups -OCH3 is 1. The minimum atomic E-state index is 0.750. The Morgan fingerprint density at radius 2 is 1.05 bits per heavy atom. The molecule has 1 amide bonds. The number of nitrogens with zero attached hydrogens (tertiary/aromatic N) is 1. The molecule has 0 saturated carbocycles. The Balaban J connectivity index is 0.000000382. The second kappa shape index (κ2) is 11.9. The second-order valence-corrected chi connectivity index (χ2v) is 4.21. The standard InChI is InChI=1S/C12H10.C3H7NO.C2H6O/c1-3-7-11(8-4-1)12-9-5-2-6-10-12;1-4(2)3-5;1-3-2/h1-10H;3H,1-2H3;1-2H3. The van der Waals surface area contributed by atoms with Crippen molar-refractivity contribution in [3.8, 4) is 11.1 Å². The molecular weight excluding hydrogens is 250 g/mol. The number of rotatable bonds is 2. The van der Waals surface area contributed by atoms with Crippen LogP contribution in [0.15, 0.2) is 60.7 Å². The predicted molar refractivity (Wildman–Crippen MR) is 84.6 cm³/mol. The molecule has 0 N–H and O–H groups in total. The van der Waals surface area contributed by atoms with Gasteiger partial charge in [0.15, 0.2) is 0 Å². The predicted octanol–water partition coefficient (Wildman–Crippen LogP) is 3.32. The summed E-state index contributed by atoms with van der Waals surface area (Å²) in [6, 6.07) is 20.8. The molecule has 2 aromatic rings. The third-order valence-electron chi connectivity index (χ3n) is 2.09. The van der Waals surface area contributed by atoms with E-state index >= 15 is 0 Å². The lowest BCUT2D eigenvalue weighted by Crippen LogP contribution is -2.06. The molecule has 0 aliphatic heterocycles. The van der Waals surface area contributed by atoms with Crippen molar-refractivity contribution in [2.45, 2.75) is 0 Å². The number of carbonyl (C=O) groups is 1. The van der Waals surface area contributed by atoms with Gasteiger partial charge in [0.2, 0.25) is 6.41 Å². The molecule has 0 saturated heterocycles. The number of amides is 1. The van der Waals surface area contributed by atoms with Crippen molar-refractivity contribution in [1.29, 1.82) is 0 Å².